The van der Waals surface area contributed by atoms with Crippen molar-refractivity contribution >= 4 is 32.8 Å². The Labute approximate surface area is 274 Å². The first-order chi connectivity index (χ1) is 21.7. The summed E-state index contributed by atoms with van der Waals surface area (Å²) < 4.78 is 92.1. The molecule has 0 aromatic carbocycles. The number of hydrogen-bond donors (Lipinski definition) is 6. The van der Waals surface area contributed by atoms with Gasteiger partial charge in [0.15, 0.2) is 6.10 Å². The maximum absolute atomic E-state index is 13.2. The molecule has 0 saturated heterocycles. The van der Waals surface area contributed by atoms with E-state index >= 15 is 0 Å². The van der Waals surface area contributed by atoms with E-state index in [0.29, 0.717) is 5.57 Å². The lowest BCUT2D eigenvalue weighted by atomic mass is 9.84. The SMILES string of the molecule is CO[C@H]1/C=C\C=C(/C)C(=O)NC2=CC(OS(=O)(=O)O)C(N)=C(C[C@@H](C)C[C@H](OC)[C@H](O)[C@@H](C)/C=C(\C)[C@@H]1OC(N)=O)C2OS(=O)(=O)O. The van der Waals surface area contributed by atoms with Crippen LogP contribution in [0.5, 0.6) is 0 Å². The van der Waals surface area contributed by atoms with E-state index in [9.17, 15) is 40.6 Å². The third kappa shape index (κ3) is 12.1. The molecule has 1 heterocycles. The van der Waals surface area contributed by atoms with Gasteiger partial charge in [-0.15, -0.1) is 0 Å². The molecule has 1 aliphatic heterocycles. The van der Waals surface area contributed by atoms with Crippen LogP contribution in [0.4, 0.5) is 4.79 Å². The summed E-state index contributed by atoms with van der Waals surface area (Å²) in [6, 6.07) is 0. The lowest BCUT2D eigenvalue weighted by Crippen LogP contribution is -2.42. The molecule has 19 heteroatoms. The van der Waals surface area contributed by atoms with Crippen molar-refractivity contribution in [1.29, 1.82) is 0 Å². The van der Waals surface area contributed by atoms with Crippen molar-refractivity contribution in [3.63, 3.8) is 0 Å². The quantitative estimate of drug-likeness (QED) is 0.159. The average Bonchev–Trinajstić information content (AvgIpc) is 2.94. The Kier molecular flexibility index (Phi) is 14.3. The lowest BCUT2D eigenvalue weighted by molar-refractivity contribution is -0.117. The summed E-state index contributed by atoms with van der Waals surface area (Å²) in [5, 5.41) is 13.7. The number of methoxy groups -OCH3 is 2. The van der Waals surface area contributed by atoms with Crippen molar-refractivity contribution in [2.75, 3.05) is 14.2 Å². The molecule has 2 unspecified atom stereocenters. The predicted molar refractivity (Wildman–Crippen MR) is 167 cm³/mol. The molecule has 0 fully saturated rings. The first-order valence-electron chi connectivity index (χ1n) is 14.2. The number of carbonyl (C=O) groups excluding carboxylic acids is 2. The van der Waals surface area contributed by atoms with E-state index in [1.54, 1.807) is 26.8 Å². The number of fused-ring (bicyclic) bond motifs is 2. The number of aliphatic hydroxyl groups excluding tert-OH is 1. The van der Waals surface area contributed by atoms with Gasteiger partial charge in [-0.1, -0.05) is 38.2 Å². The predicted octanol–water partition coefficient (Wildman–Crippen LogP) is 0.959. The summed E-state index contributed by atoms with van der Waals surface area (Å²) in [5.74, 6) is -1.92. The van der Waals surface area contributed by atoms with Crippen molar-refractivity contribution in [3.05, 3.63) is 58.5 Å². The highest BCUT2D eigenvalue weighted by Crippen LogP contribution is 2.34. The maximum atomic E-state index is 13.2. The minimum atomic E-state index is -5.20. The minimum absolute atomic E-state index is 0.0320. The van der Waals surface area contributed by atoms with Crippen molar-refractivity contribution in [2.24, 2.45) is 23.3 Å². The second-order valence-corrected chi connectivity index (χ2v) is 13.4. The Hall–Kier alpha value is -3.14. The number of ether oxygens (including phenoxy) is 3. The van der Waals surface area contributed by atoms with Gasteiger partial charge in [-0.2, -0.15) is 16.8 Å². The molecule has 0 radical (unpaired) electrons. The minimum Gasteiger partial charge on any atom is -0.439 e. The highest BCUT2D eigenvalue weighted by Gasteiger charge is 2.38. The maximum Gasteiger partial charge on any atom is 0.405 e. The van der Waals surface area contributed by atoms with Crippen LogP contribution in [0.2, 0.25) is 0 Å². The number of hydrogen-bond acceptors (Lipinski definition) is 13. The fraction of sp³-hybridized carbons (Fsp3) is 0.571. The second-order valence-electron chi connectivity index (χ2n) is 11.3. The zero-order chi connectivity index (χ0) is 35.9. The molecule has 2 rings (SSSR count). The van der Waals surface area contributed by atoms with E-state index in [1.165, 1.54) is 39.4 Å². The zero-order valence-electron chi connectivity index (χ0n) is 26.7. The van der Waals surface area contributed by atoms with Crippen LogP contribution >= 0.6 is 0 Å². The van der Waals surface area contributed by atoms with Crippen molar-refractivity contribution in [1.82, 2.24) is 5.32 Å². The van der Waals surface area contributed by atoms with Crippen LogP contribution in [0.15, 0.2) is 58.5 Å². The normalized spacial score (nSPS) is 33.5. The molecule has 266 valence electrons. The molecular formula is C28H43N3O14S2. The summed E-state index contributed by atoms with van der Waals surface area (Å²) in [5.41, 5.74) is 11.2. The van der Waals surface area contributed by atoms with Gasteiger partial charge in [-0.25, -0.2) is 13.2 Å². The summed E-state index contributed by atoms with van der Waals surface area (Å²) in [4.78, 5) is 25.0. The van der Waals surface area contributed by atoms with E-state index in [1.807, 2.05) is 0 Å². The average molecular weight is 710 g/mol. The molecule has 2 aliphatic rings. The molecule has 2 amide bonds. The molecule has 8 N–H and O–H groups in total. The monoisotopic (exact) mass is 709 g/mol. The lowest BCUT2D eigenvalue weighted by Gasteiger charge is -2.33. The van der Waals surface area contributed by atoms with E-state index in [0.717, 1.165) is 6.08 Å². The van der Waals surface area contributed by atoms with Gasteiger partial charge in [0.05, 0.1) is 17.9 Å². The number of primary amides is 1. The Morgan fingerprint density at radius 1 is 1.02 bits per heavy atom. The molecule has 2 bridgehead atoms. The summed E-state index contributed by atoms with van der Waals surface area (Å²) in [7, 11) is -7.60. The molecule has 0 aromatic heterocycles. The van der Waals surface area contributed by atoms with Crippen LogP contribution in [0.25, 0.3) is 0 Å². The molecule has 0 spiro atoms. The van der Waals surface area contributed by atoms with Crippen molar-refractivity contribution in [3.8, 4) is 0 Å². The topological polar surface area (TPSA) is 273 Å². The second kappa shape index (κ2) is 16.8. The highest BCUT2D eigenvalue weighted by molar-refractivity contribution is 7.81. The van der Waals surface area contributed by atoms with E-state index in [4.69, 9.17) is 34.0 Å². The molecule has 1 aliphatic carbocycles. The molecule has 0 saturated carbocycles. The first kappa shape index (κ1) is 40.0. The van der Waals surface area contributed by atoms with Crippen LogP contribution in [0, 0.1) is 11.8 Å². The van der Waals surface area contributed by atoms with Gasteiger partial charge in [0.25, 0.3) is 5.91 Å². The summed E-state index contributed by atoms with van der Waals surface area (Å²) in [6.45, 7) is 6.43. The number of nitrogens with one attached hydrogen (secondary N) is 1. The molecule has 17 nitrogen and oxygen atoms in total. The fourth-order valence-corrected chi connectivity index (χ4v) is 6.16. The van der Waals surface area contributed by atoms with Crippen LogP contribution in [-0.4, -0.2) is 93.9 Å². The molecule has 8 atom stereocenters. The van der Waals surface area contributed by atoms with Crippen molar-refractivity contribution in [2.45, 2.75) is 77.2 Å². The van der Waals surface area contributed by atoms with E-state index in [-0.39, 0.29) is 35.4 Å². The van der Waals surface area contributed by atoms with Crippen molar-refractivity contribution < 1.29 is 63.2 Å². The Bertz CT molecular complexity index is 1530. The number of amides is 2. The third-order valence-electron chi connectivity index (χ3n) is 7.53. The number of allylic oxidation sites excluding steroid dienone is 2. The van der Waals surface area contributed by atoms with E-state index in [2.05, 4.69) is 5.32 Å². The zero-order valence-corrected chi connectivity index (χ0v) is 28.4. The highest BCUT2D eigenvalue weighted by atomic mass is 32.3. The molecule has 47 heavy (non-hydrogen) atoms. The summed E-state index contributed by atoms with van der Waals surface area (Å²) >= 11 is 0. The van der Waals surface area contributed by atoms with Crippen LogP contribution in [0.1, 0.15) is 40.5 Å². The fourth-order valence-electron chi connectivity index (χ4n) is 5.28. The Morgan fingerprint density at radius 3 is 2.17 bits per heavy atom. The number of aliphatic hydroxyl groups is 1. The number of carbonyl (C=O) groups is 2. The van der Waals surface area contributed by atoms with Crippen LogP contribution in [-0.2, 0) is 48.2 Å². The van der Waals surface area contributed by atoms with Gasteiger partial charge in [0.1, 0.15) is 18.3 Å². The largest absolute Gasteiger partial charge is 0.439 e. The Balaban J connectivity index is 2.79. The summed E-state index contributed by atoms with van der Waals surface area (Å²) in [6.07, 6.45) is -1.71. The molecular weight excluding hydrogens is 666 g/mol. The van der Waals surface area contributed by atoms with Gasteiger partial charge >= 0.3 is 26.9 Å². The van der Waals surface area contributed by atoms with Gasteiger partial charge in [0.2, 0.25) is 0 Å². The van der Waals surface area contributed by atoms with Crippen LogP contribution < -0.4 is 16.8 Å². The standard InChI is InChI=1S/C28H43N3O14S2/c1-14-10-18-23(29)21(44-46(35,36)37)13-19(26(18)45-47(38,39)40)31-27(33)15(2)8-7-9-20(41-5)25(43-28(30)34)17(4)12-16(3)24(32)22(11-14)42-6/h7-9,12-14,16,20-22,24-26,32H,10-11,29H2,1-6H3,(H2,30,34)(H,31,33)(H,35,36,37)(H,38,39,40)/b9-7-,15-8+,17-12+/t14-,16+,20+,21?,22+,24-,25+,26?/m1/s1. The van der Waals surface area contributed by atoms with Crippen LogP contribution in [0.3, 0.4) is 0 Å². The van der Waals surface area contributed by atoms with Gasteiger partial charge in [-0.05, 0) is 49.8 Å². The number of nitrogens with two attached hydrogens (primary N) is 2. The van der Waals surface area contributed by atoms with Gasteiger partial charge in [-0.3, -0.25) is 13.9 Å². The number of rotatable bonds is 7. The molecule has 0 aromatic rings. The third-order valence-corrected chi connectivity index (χ3v) is 8.41. The smallest absolute Gasteiger partial charge is 0.405 e. The van der Waals surface area contributed by atoms with Gasteiger partial charge in [0, 0.05) is 31.4 Å². The first-order valence-corrected chi connectivity index (χ1v) is 17.0. The van der Waals surface area contributed by atoms with E-state index < -0.39 is 81.3 Å². The Morgan fingerprint density at radius 2 is 1.64 bits per heavy atom. The van der Waals surface area contributed by atoms with Gasteiger partial charge < -0.3 is 36.1 Å².